The van der Waals surface area contributed by atoms with Crippen molar-refractivity contribution in [1.82, 2.24) is 10.3 Å². The Bertz CT molecular complexity index is 535. The second-order valence-corrected chi connectivity index (χ2v) is 4.30. The normalized spacial score (nSPS) is 12.4. The first-order chi connectivity index (χ1) is 8.58. The fourth-order valence-electron chi connectivity index (χ4n) is 1.64. The van der Waals surface area contributed by atoms with Crippen LogP contribution in [0.5, 0.6) is 5.75 Å². The molecule has 0 bridgehead atoms. The summed E-state index contributed by atoms with van der Waals surface area (Å²) < 4.78 is 10.3. The Balaban J connectivity index is 2.18. The lowest BCUT2D eigenvalue weighted by Crippen LogP contribution is -2.02. The largest absolute Gasteiger partial charge is 0.487 e. The molecule has 0 amide bonds. The molecule has 1 N–H and O–H groups in total. The van der Waals surface area contributed by atoms with Gasteiger partial charge in [-0.3, -0.25) is 0 Å². The summed E-state index contributed by atoms with van der Waals surface area (Å²) in [6.45, 7) is 5.77. The topological polar surface area (TPSA) is 68.4 Å². The molecule has 0 fully saturated rings. The van der Waals surface area contributed by atoms with Crippen LogP contribution in [0.15, 0.2) is 22.8 Å². The average molecular weight is 248 g/mol. The number of hydrogen-bond acceptors (Lipinski definition) is 5. The molecule has 1 atom stereocenters. The lowest BCUT2D eigenvalue weighted by Gasteiger charge is -2.13. The van der Waals surface area contributed by atoms with Gasteiger partial charge in [-0.1, -0.05) is 22.4 Å². The lowest BCUT2D eigenvalue weighted by molar-refractivity contribution is 0.189. The summed E-state index contributed by atoms with van der Waals surface area (Å²) in [7, 11) is 0. The van der Waals surface area contributed by atoms with E-state index in [-0.39, 0.29) is 6.61 Å². The molecule has 96 valence electrons. The zero-order chi connectivity index (χ0) is 13.1. The zero-order valence-corrected chi connectivity index (χ0v) is 10.7. The Morgan fingerprint density at radius 2 is 2.11 bits per heavy atom. The van der Waals surface area contributed by atoms with Gasteiger partial charge in [-0.15, -0.1) is 0 Å². The number of benzene rings is 1. The third kappa shape index (κ3) is 2.68. The van der Waals surface area contributed by atoms with E-state index >= 15 is 0 Å². The monoisotopic (exact) mass is 248 g/mol. The van der Waals surface area contributed by atoms with Gasteiger partial charge in [0, 0.05) is 5.56 Å². The second-order valence-electron chi connectivity index (χ2n) is 4.30. The minimum Gasteiger partial charge on any atom is -0.487 e. The predicted molar refractivity (Wildman–Crippen MR) is 65.2 cm³/mol. The van der Waals surface area contributed by atoms with Crippen LogP contribution < -0.4 is 4.74 Å². The van der Waals surface area contributed by atoms with E-state index in [1.54, 1.807) is 13.8 Å². The van der Waals surface area contributed by atoms with Gasteiger partial charge in [0.1, 0.15) is 23.7 Å². The highest BCUT2D eigenvalue weighted by Gasteiger charge is 2.11. The maximum atomic E-state index is 9.68. The number of aliphatic hydroxyl groups is 1. The fraction of sp³-hybridized carbons (Fsp3) is 0.385. The van der Waals surface area contributed by atoms with Crippen molar-refractivity contribution in [1.29, 1.82) is 0 Å². The van der Waals surface area contributed by atoms with Crippen molar-refractivity contribution in [3.8, 4) is 5.75 Å². The number of ether oxygens (including phenoxy) is 1. The molecular weight excluding hydrogens is 232 g/mol. The Morgan fingerprint density at radius 3 is 2.72 bits per heavy atom. The Morgan fingerprint density at radius 1 is 1.33 bits per heavy atom. The number of aryl methyl sites for hydroxylation is 2. The average Bonchev–Trinajstić information content (AvgIpc) is 2.72. The molecule has 18 heavy (non-hydrogen) atoms. The first kappa shape index (κ1) is 12.6. The summed E-state index contributed by atoms with van der Waals surface area (Å²) >= 11 is 0. The first-order valence-electron chi connectivity index (χ1n) is 5.77. The van der Waals surface area contributed by atoms with Crippen LogP contribution in [0, 0.1) is 13.8 Å². The second kappa shape index (κ2) is 5.18. The Hall–Kier alpha value is -1.88. The minimum atomic E-state index is -0.572. The van der Waals surface area contributed by atoms with Crippen LogP contribution in [0.4, 0.5) is 0 Å². The van der Waals surface area contributed by atoms with Gasteiger partial charge < -0.3 is 9.84 Å². The van der Waals surface area contributed by atoms with Crippen molar-refractivity contribution < 1.29 is 14.5 Å². The molecule has 0 radical (unpaired) electrons. The van der Waals surface area contributed by atoms with E-state index in [1.807, 2.05) is 25.1 Å². The molecule has 2 rings (SSSR count). The van der Waals surface area contributed by atoms with E-state index in [1.165, 1.54) is 0 Å². The molecule has 0 spiro atoms. The number of rotatable bonds is 4. The summed E-state index contributed by atoms with van der Waals surface area (Å²) in [6, 6.07) is 5.70. The third-order valence-electron chi connectivity index (χ3n) is 2.73. The maximum absolute atomic E-state index is 9.68. The van der Waals surface area contributed by atoms with Crippen LogP contribution in [0.25, 0.3) is 0 Å². The molecule has 5 heteroatoms. The lowest BCUT2D eigenvalue weighted by atomic mass is 10.1. The minimum absolute atomic E-state index is 0.276. The summed E-state index contributed by atoms with van der Waals surface area (Å²) in [6.07, 6.45) is -0.572. The van der Waals surface area contributed by atoms with Gasteiger partial charge in [-0.25, -0.2) is 4.63 Å². The van der Waals surface area contributed by atoms with Crippen molar-refractivity contribution in [2.75, 3.05) is 0 Å². The molecule has 0 aliphatic rings. The zero-order valence-electron chi connectivity index (χ0n) is 10.7. The molecule has 1 aromatic heterocycles. The molecular formula is C13H16N2O3. The van der Waals surface area contributed by atoms with Crippen LogP contribution in [-0.4, -0.2) is 15.4 Å². The Kier molecular flexibility index (Phi) is 3.62. The van der Waals surface area contributed by atoms with Gasteiger partial charge in [0.05, 0.1) is 6.10 Å². The highest BCUT2D eigenvalue weighted by atomic mass is 16.6. The van der Waals surface area contributed by atoms with Gasteiger partial charge in [-0.05, 0) is 32.4 Å². The van der Waals surface area contributed by atoms with Crippen LogP contribution in [0.3, 0.4) is 0 Å². The molecule has 2 aromatic rings. The predicted octanol–water partition coefficient (Wildman–Crippen LogP) is 2.32. The van der Waals surface area contributed by atoms with E-state index in [2.05, 4.69) is 14.9 Å². The van der Waals surface area contributed by atoms with Crippen LogP contribution >= 0.6 is 0 Å². The molecule has 0 unspecified atom stereocenters. The van der Waals surface area contributed by atoms with Crippen molar-refractivity contribution in [2.24, 2.45) is 0 Å². The number of hydrogen-bond donors (Lipinski definition) is 1. The number of aliphatic hydroxyl groups excluding tert-OH is 1. The van der Waals surface area contributed by atoms with Gasteiger partial charge >= 0.3 is 0 Å². The van der Waals surface area contributed by atoms with Gasteiger partial charge in [0.2, 0.25) is 0 Å². The van der Waals surface area contributed by atoms with Gasteiger partial charge in [-0.2, -0.15) is 0 Å². The smallest absolute Gasteiger partial charge is 0.145 e. The molecule has 0 saturated heterocycles. The van der Waals surface area contributed by atoms with Crippen LogP contribution in [0.2, 0.25) is 0 Å². The standard InChI is InChI=1S/C13H16N2O3/c1-8-4-5-11(10(3)16)13(6-8)17-7-12-9(2)14-18-15-12/h4-6,10,16H,7H2,1-3H3/t10-/m0/s1. The molecule has 0 aliphatic carbocycles. The summed E-state index contributed by atoms with van der Waals surface area (Å²) in [5, 5.41) is 17.1. The summed E-state index contributed by atoms with van der Waals surface area (Å²) in [4.78, 5) is 0. The van der Waals surface area contributed by atoms with E-state index in [4.69, 9.17) is 4.74 Å². The quantitative estimate of drug-likeness (QED) is 0.899. The van der Waals surface area contributed by atoms with Crippen LogP contribution in [0.1, 0.15) is 35.5 Å². The molecule has 5 nitrogen and oxygen atoms in total. The van der Waals surface area contributed by atoms with E-state index in [9.17, 15) is 5.11 Å². The SMILES string of the molecule is Cc1ccc([C@H](C)O)c(OCc2nonc2C)c1. The van der Waals surface area contributed by atoms with E-state index < -0.39 is 6.10 Å². The highest BCUT2D eigenvalue weighted by molar-refractivity contribution is 5.38. The van der Waals surface area contributed by atoms with Gasteiger partial charge in [0.15, 0.2) is 0 Å². The van der Waals surface area contributed by atoms with Crippen molar-refractivity contribution in [3.63, 3.8) is 0 Å². The summed E-state index contributed by atoms with van der Waals surface area (Å²) in [5.41, 5.74) is 3.20. The van der Waals surface area contributed by atoms with E-state index in [0.717, 1.165) is 11.1 Å². The van der Waals surface area contributed by atoms with E-state index in [0.29, 0.717) is 17.1 Å². The third-order valence-corrected chi connectivity index (χ3v) is 2.73. The van der Waals surface area contributed by atoms with Gasteiger partial charge in [0.25, 0.3) is 0 Å². The van der Waals surface area contributed by atoms with Crippen molar-refractivity contribution in [2.45, 2.75) is 33.5 Å². The highest BCUT2D eigenvalue weighted by Crippen LogP contribution is 2.27. The van der Waals surface area contributed by atoms with Crippen LogP contribution in [-0.2, 0) is 6.61 Å². The molecule has 0 saturated carbocycles. The first-order valence-corrected chi connectivity index (χ1v) is 5.77. The van der Waals surface area contributed by atoms with Crippen molar-refractivity contribution >= 4 is 0 Å². The maximum Gasteiger partial charge on any atom is 0.145 e. The van der Waals surface area contributed by atoms with Crippen molar-refractivity contribution in [3.05, 3.63) is 40.7 Å². The number of nitrogens with zero attached hydrogens (tertiary/aromatic N) is 2. The number of aromatic nitrogens is 2. The summed E-state index contributed by atoms with van der Waals surface area (Å²) in [5.74, 6) is 0.660. The molecule has 1 aromatic carbocycles. The molecule has 1 heterocycles. The molecule has 0 aliphatic heterocycles. The fourth-order valence-corrected chi connectivity index (χ4v) is 1.64. The Labute approximate surface area is 105 Å².